The molecule has 2 rings (SSSR count). The number of benzene rings is 1. The third-order valence-electron chi connectivity index (χ3n) is 2.15. The summed E-state index contributed by atoms with van der Waals surface area (Å²) in [7, 11) is 1.65. The summed E-state index contributed by atoms with van der Waals surface area (Å²) < 4.78 is 6.66. The minimum Gasteiger partial charge on any atom is -0.497 e. The Balaban J connectivity index is 2.04. The molecule has 17 heavy (non-hydrogen) atoms. The predicted molar refractivity (Wildman–Crippen MR) is 75.1 cm³/mol. The Morgan fingerprint density at radius 1 is 1.53 bits per heavy atom. The van der Waals surface area contributed by atoms with E-state index >= 15 is 0 Å². The van der Waals surface area contributed by atoms with Gasteiger partial charge in [0.1, 0.15) is 5.75 Å². The van der Waals surface area contributed by atoms with Crippen LogP contribution in [0.25, 0.3) is 0 Å². The van der Waals surface area contributed by atoms with Gasteiger partial charge in [-0.3, -0.25) is 0 Å². The average molecular weight is 334 g/mol. The molecule has 0 aliphatic carbocycles. The Kier molecular flexibility index (Phi) is 4.25. The standard InChI is InChI=1S/C11H10BrClN2OS/c1-16-7-2-3-10(9(12)4-7)14-5-8-6-15-11(13)17-8/h2-4,6,14H,5H2,1H3. The van der Waals surface area contributed by atoms with Gasteiger partial charge < -0.3 is 10.1 Å². The zero-order valence-electron chi connectivity index (χ0n) is 9.04. The highest BCUT2D eigenvalue weighted by atomic mass is 79.9. The summed E-state index contributed by atoms with van der Waals surface area (Å²) in [4.78, 5) is 5.09. The van der Waals surface area contributed by atoms with E-state index in [9.17, 15) is 0 Å². The van der Waals surface area contributed by atoms with Crippen LogP contribution in [0.3, 0.4) is 0 Å². The first-order valence-electron chi connectivity index (χ1n) is 4.86. The molecule has 1 aromatic carbocycles. The third-order valence-corrected chi connectivity index (χ3v) is 3.93. The van der Waals surface area contributed by atoms with Crippen molar-refractivity contribution in [1.82, 2.24) is 4.98 Å². The molecule has 0 fully saturated rings. The minimum absolute atomic E-state index is 0.565. The molecule has 0 radical (unpaired) electrons. The number of methoxy groups -OCH3 is 1. The maximum atomic E-state index is 5.77. The number of aromatic nitrogens is 1. The van der Waals surface area contributed by atoms with Gasteiger partial charge >= 0.3 is 0 Å². The summed E-state index contributed by atoms with van der Waals surface area (Å²) in [6.45, 7) is 0.704. The molecule has 0 saturated heterocycles. The molecule has 0 spiro atoms. The molecule has 0 aliphatic rings. The van der Waals surface area contributed by atoms with Gasteiger partial charge in [-0.25, -0.2) is 4.98 Å². The number of hydrogen-bond donors (Lipinski definition) is 1. The van der Waals surface area contributed by atoms with Crippen LogP contribution >= 0.6 is 38.9 Å². The summed E-state index contributed by atoms with van der Waals surface area (Å²) in [5.74, 6) is 0.822. The summed E-state index contributed by atoms with van der Waals surface area (Å²) in [6, 6.07) is 5.79. The second-order valence-electron chi connectivity index (χ2n) is 3.28. The van der Waals surface area contributed by atoms with Crippen LogP contribution in [-0.2, 0) is 6.54 Å². The lowest BCUT2D eigenvalue weighted by atomic mass is 10.3. The number of thiazole rings is 1. The van der Waals surface area contributed by atoms with Gasteiger partial charge in [0.15, 0.2) is 4.47 Å². The highest BCUT2D eigenvalue weighted by molar-refractivity contribution is 9.10. The lowest BCUT2D eigenvalue weighted by Gasteiger charge is -2.08. The highest BCUT2D eigenvalue weighted by Crippen LogP contribution is 2.28. The van der Waals surface area contributed by atoms with Crippen molar-refractivity contribution in [2.24, 2.45) is 0 Å². The molecular weight excluding hydrogens is 324 g/mol. The van der Waals surface area contributed by atoms with Crippen molar-refractivity contribution in [2.45, 2.75) is 6.54 Å². The van der Waals surface area contributed by atoms with Crippen molar-refractivity contribution < 1.29 is 4.74 Å². The van der Waals surface area contributed by atoms with E-state index in [2.05, 4.69) is 26.2 Å². The Morgan fingerprint density at radius 3 is 2.94 bits per heavy atom. The fraction of sp³-hybridized carbons (Fsp3) is 0.182. The Morgan fingerprint density at radius 2 is 2.35 bits per heavy atom. The first-order valence-corrected chi connectivity index (χ1v) is 6.85. The summed E-state index contributed by atoms with van der Waals surface area (Å²) >= 11 is 10.7. The second-order valence-corrected chi connectivity index (χ2v) is 5.83. The van der Waals surface area contributed by atoms with Crippen LogP contribution in [0.1, 0.15) is 4.88 Å². The highest BCUT2D eigenvalue weighted by Gasteiger charge is 2.03. The number of nitrogens with zero attached hydrogens (tertiary/aromatic N) is 1. The van der Waals surface area contributed by atoms with E-state index in [1.54, 1.807) is 13.3 Å². The molecule has 0 aliphatic heterocycles. The fourth-order valence-electron chi connectivity index (χ4n) is 1.31. The zero-order valence-corrected chi connectivity index (χ0v) is 12.2. The van der Waals surface area contributed by atoms with Crippen LogP contribution in [0, 0.1) is 0 Å². The monoisotopic (exact) mass is 332 g/mol. The van der Waals surface area contributed by atoms with Crippen molar-refractivity contribution in [1.29, 1.82) is 0 Å². The molecule has 0 amide bonds. The Bertz CT molecular complexity index is 518. The van der Waals surface area contributed by atoms with E-state index in [0.717, 1.165) is 20.8 Å². The van der Waals surface area contributed by atoms with Gasteiger partial charge in [0, 0.05) is 21.2 Å². The smallest absolute Gasteiger partial charge is 0.183 e. The molecule has 0 atom stereocenters. The first-order chi connectivity index (χ1) is 8.19. The molecular formula is C11H10BrClN2OS. The van der Waals surface area contributed by atoms with Crippen LogP contribution in [-0.4, -0.2) is 12.1 Å². The molecule has 1 aromatic heterocycles. The maximum absolute atomic E-state index is 5.77. The van der Waals surface area contributed by atoms with E-state index in [1.165, 1.54) is 11.3 Å². The van der Waals surface area contributed by atoms with Crippen molar-refractivity contribution >= 4 is 44.6 Å². The van der Waals surface area contributed by atoms with Crippen LogP contribution in [0.2, 0.25) is 4.47 Å². The largest absolute Gasteiger partial charge is 0.497 e. The number of ether oxygens (including phenoxy) is 1. The van der Waals surface area contributed by atoms with Crippen LogP contribution in [0.4, 0.5) is 5.69 Å². The predicted octanol–water partition coefficient (Wildman–Crippen LogP) is 4.18. The van der Waals surface area contributed by atoms with Crippen LogP contribution in [0.15, 0.2) is 28.9 Å². The van der Waals surface area contributed by atoms with E-state index in [4.69, 9.17) is 16.3 Å². The maximum Gasteiger partial charge on any atom is 0.183 e. The van der Waals surface area contributed by atoms with Gasteiger partial charge in [-0.1, -0.05) is 11.6 Å². The summed E-state index contributed by atoms with van der Waals surface area (Å²) in [5, 5.41) is 3.30. The fourth-order valence-corrected chi connectivity index (χ4v) is 2.73. The van der Waals surface area contributed by atoms with Gasteiger partial charge in [0.2, 0.25) is 0 Å². The molecule has 1 N–H and O–H groups in total. The van der Waals surface area contributed by atoms with Gasteiger partial charge in [-0.15, -0.1) is 11.3 Å². The molecule has 6 heteroatoms. The summed E-state index contributed by atoms with van der Waals surface area (Å²) in [5.41, 5.74) is 1.01. The average Bonchev–Trinajstić information content (AvgIpc) is 2.73. The van der Waals surface area contributed by atoms with Gasteiger partial charge in [0.05, 0.1) is 13.7 Å². The second kappa shape index (κ2) is 5.71. The van der Waals surface area contributed by atoms with Crippen molar-refractivity contribution in [3.05, 3.63) is 38.2 Å². The number of halogens is 2. The lowest BCUT2D eigenvalue weighted by Crippen LogP contribution is -1.98. The first kappa shape index (κ1) is 12.7. The van der Waals surface area contributed by atoms with Crippen molar-refractivity contribution in [3.8, 4) is 5.75 Å². The topological polar surface area (TPSA) is 34.1 Å². The van der Waals surface area contributed by atoms with Gasteiger partial charge in [0.25, 0.3) is 0 Å². The normalized spacial score (nSPS) is 10.3. The lowest BCUT2D eigenvalue weighted by molar-refractivity contribution is 0.414. The van der Waals surface area contributed by atoms with E-state index in [0.29, 0.717) is 11.0 Å². The number of anilines is 1. The zero-order chi connectivity index (χ0) is 12.3. The van der Waals surface area contributed by atoms with Crippen molar-refractivity contribution in [2.75, 3.05) is 12.4 Å². The van der Waals surface area contributed by atoms with Gasteiger partial charge in [-0.2, -0.15) is 0 Å². The van der Waals surface area contributed by atoms with E-state index in [1.807, 2.05) is 18.2 Å². The Hall–Kier alpha value is -0.780. The number of rotatable bonds is 4. The molecule has 3 nitrogen and oxygen atoms in total. The Labute approximate surface area is 117 Å². The third kappa shape index (κ3) is 3.34. The SMILES string of the molecule is COc1ccc(NCc2cnc(Cl)s2)c(Br)c1. The molecule has 0 unspecified atom stereocenters. The van der Waals surface area contributed by atoms with Crippen molar-refractivity contribution in [3.63, 3.8) is 0 Å². The van der Waals surface area contributed by atoms with Crippen LogP contribution in [0.5, 0.6) is 5.75 Å². The van der Waals surface area contributed by atoms with E-state index in [-0.39, 0.29) is 0 Å². The van der Waals surface area contributed by atoms with E-state index < -0.39 is 0 Å². The van der Waals surface area contributed by atoms with Gasteiger partial charge in [-0.05, 0) is 34.1 Å². The van der Waals surface area contributed by atoms with Crippen LogP contribution < -0.4 is 10.1 Å². The summed E-state index contributed by atoms with van der Waals surface area (Å²) in [6.07, 6.45) is 1.78. The molecule has 1 heterocycles. The number of nitrogens with one attached hydrogen (secondary N) is 1. The number of hydrogen-bond acceptors (Lipinski definition) is 4. The molecule has 2 aromatic rings. The molecule has 0 bridgehead atoms. The minimum atomic E-state index is 0.565. The molecule has 0 saturated carbocycles. The quantitative estimate of drug-likeness (QED) is 0.911. The molecule has 90 valence electrons.